The highest BCUT2D eigenvalue weighted by Crippen LogP contribution is 2.29. The first-order chi connectivity index (χ1) is 14.7. The van der Waals surface area contributed by atoms with Crippen molar-refractivity contribution in [1.82, 2.24) is 15.1 Å². The molecule has 0 aromatic heterocycles. The van der Waals surface area contributed by atoms with Crippen molar-refractivity contribution in [2.75, 3.05) is 32.8 Å². The number of hydrogen-bond donors (Lipinski definition) is 1. The van der Waals surface area contributed by atoms with Gasteiger partial charge in [-0.25, -0.2) is 0 Å². The fraction of sp³-hybridized carbons (Fsp3) is 0.667. The van der Waals surface area contributed by atoms with Crippen LogP contribution in [0.15, 0.2) is 24.3 Å². The summed E-state index contributed by atoms with van der Waals surface area (Å²) in [6.45, 7) is 5.58. The van der Waals surface area contributed by atoms with Crippen LogP contribution in [0.2, 0.25) is 0 Å². The van der Waals surface area contributed by atoms with Crippen LogP contribution in [0.3, 0.4) is 0 Å². The van der Waals surface area contributed by atoms with Crippen molar-refractivity contribution in [3.8, 4) is 0 Å². The molecule has 6 heteroatoms. The first-order valence-electron chi connectivity index (χ1n) is 11.7. The zero-order valence-electron chi connectivity index (χ0n) is 18.0. The van der Waals surface area contributed by atoms with Gasteiger partial charge in [0.05, 0.1) is 13.2 Å². The molecule has 1 atom stereocenters. The van der Waals surface area contributed by atoms with Crippen molar-refractivity contribution in [3.63, 3.8) is 0 Å². The Hall–Kier alpha value is -1.92. The maximum Gasteiger partial charge on any atom is 0.243 e. The summed E-state index contributed by atoms with van der Waals surface area (Å²) in [7, 11) is 0. The Kier molecular flexibility index (Phi) is 7.39. The van der Waals surface area contributed by atoms with Gasteiger partial charge in [0.15, 0.2) is 0 Å². The molecular weight excluding hydrogens is 378 g/mol. The summed E-state index contributed by atoms with van der Waals surface area (Å²) in [4.78, 5) is 30.2. The van der Waals surface area contributed by atoms with Crippen LogP contribution < -0.4 is 5.32 Å². The molecule has 4 rings (SSSR count). The number of carbonyl (C=O) groups excluding carboxylic acids is 2. The Morgan fingerprint density at radius 2 is 1.67 bits per heavy atom. The molecule has 2 saturated heterocycles. The first-order valence-corrected chi connectivity index (χ1v) is 11.7. The Morgan fingerprint density at radius 3 is 2.43 bits per heavy atom. The molecule has 1 aromatic rings. The van der Waals surface area contributed by atoms with E-state index in [0.29, 0.717) is 6.54 Å². The van der Waals surface area contributed by atoms with Crippen molar-refractivity contribution >= 4 is 11.8 Å². The van der Waals surface area contributed by atoms with Gasteiger partial charge in [-0.2, -0.15) is 0 Å². The summed E-state index contributed by atoms with van der Waals surface area (Å²) >= 11 is 0. The van der Waals surface area contributed by atoms with Crippen molar-refractivity contribution in [2.45, 2.75) is 64.1 Å². The Morgan fingerprint density at radius 1 is 0.933 bits per heavy atom. The molecule has 0 bridgehead atoms. The van der Waals surface area contributed by atoms with E-state index >= 15 is 0 Å². The zero-order chi connectivity index (χ0) is 20.8. The predicted octanol–water partition coefficient (Wildman–Crippen LogP) is 2.71. The molecule has 2 aliphatic heterocycles. The fourth-order valence-electron chi connectivity index (χ4n) is 5.07. The SMILES string of the molecule is O=C(NCc1ccccc1CN1CCOCC1)C1CCCN1C(=O)C1CCCCC1. The minimum absolute atomic E-state index is 0.00200. The van der Waals surface area contributed by atoms with Gasteiger partial charge in [-0.3, -0.25) is 14.5 Å². The van der Waals surface area contributed by atoms with Crippen LogP contribution >= 0.6 is 0 Å². The molecular formula is C24H35N3O3. The fourth-order valence-corrected chi connectivity index (χ4v) is 5.07. The number of carbonyl (C=O) groups is 2. The van der Waals surface area contributed by atoms with E-state index in [1.807, 2.05) is 11.0 Å². The number of rotatable bonds is 6. The zero-order valence-corrected chi connectivity index (χ0v) is 18.0. The van der Waals surface area contributed by atoms with E-state index in [2.05, 4.69) is 28.4 Å². The summed E-state index contributed by atoms with van der Waals surface area (Å²) in [6.07, 6.45) is 7.18. The van der Waals surface area contributed by atoms with Gasteiger partial charge in [0.2, 0.25) is 11.8 Å². The van der Waals surface area contributed by atoms with Gasteiger partial charge < -0.3 is 15.0 Å². The predicted molar refractivity (Wildman–Crippen MR) is 116 cm³/mol. The highest BCUT2D eigenvalue weighted by Gasteiger charge is 2.37. The molecule has 6 nitrogen and oxygen atoms in total. The summed E-state index contributed by atoms with van der Waals surface area (Å²) < 4.78 is 5.45. The van der Waals surface area contributed by atoms with Crippen LogP contribution in [0.5, 0.6) is 0 Å². The van der Waals surface area contributed by atoms with Gasteiger partial charge in [0.25, 0.3) is 0 Å². The third kappa shape index (κ3) is 5.22. The van der Waals surface area contributed by atoms with E-state index in [1.165, 1.54) is 12.0 Å². The minimum Gasteiger partial charge on any atom is -0.379 e. The molecule has 0 spiro atoms. The van der Waals surface area contributed by atoms with Crippen LogP contribution in [-0.4, -0.2) is 60.5 Å². The molecule has 2 amide bonds. The third-order valence-electron chi connectivity index (χ3n) is 6.86. The molecule has 1 N–H and O–H groups in total. The van der Waals surface area contributed by atoms with Crippen LogP contribution in [-0.2, 0) is 27.4 Å². The molecule has 1 unspecified atom stereocenters. The molecule has 3 aliphatic rings. The van der Waals surface area contributed by atoms with Crippen LogP contribution in [0.1, 0.15) is 56.1 Å². The Labute approximate surface area is 179 Å². The highest BCUT2D eigenvalue weighted by molar-refractivity contribution is 5.89. The number of amides is 2. The first kappa shape index (κ1) is 21.3. The van der Waals surface area contributed by atoms with Gasteiger partial charge in [0.1, 0.15) is 6.04 Å². The second-order valence-corrected chi connectivity index (χ2v) is 8.90. The highest BCUT2D eigenvalue weighted by atomic mass is 16.5. The van der Waals surface area contributed by atoms with Gasteiger partial charge in [0, 0.05) is 38.6 Å². The average molecular weight is 414 g/mol. The van der Waals surface area contributed by atoms with Crippen LogP contribution in [0, 0.1) is 5.92 Å². The molecule has 164 valence electrons. The Balaban J connectivity index is 1.34. The molecule has 1 aromatic carbocycles. The summed E-state index contributed by atoms with van der Waals surface area (Å²) in [6, 6.07) is 8.02. The van der Waals surface area contributed by atoms with Gasteiger partial charge in [-0.05, 0) is 36.8 Å². The van der Waals surface area contributed by atoms with Gasteiger partial charge in [-0.1, -0.05) is 43.5 Å². The number of ether oxygens (including phenoxy) is 1. The molecule has 1 saturated carbocycles. The minimum atomic E-state index is -0.300. The second kappa shape index (κ2) is 10.4. The largest absolute Gasteiger partial charge is 0.379 e. The number of nitrogens with zero attached hydrogens (tertiary/aromatic N) is 2. The van der Waals surface area contributed by atoms with Crippen molar-refractivity contribution in [1.29, 1.82) is 0 Å². The lowest BCUT2D eigenvalue weighted by atomic mass is 9.88. The van der Waals surface area contributed by atoms with Gasteiger partial charge >= 0.3 is 0 Å². The Bertz CT molecular complexity index is 726. The molecule has 1 aliphatic carbocycles. The standard InChI is InChI=1S/C24H35N3O3/c28-23(22-11-6-12-27(22)24(29)19-7-2-1-3-8-19)25-17-20-9-4-5-10-21(20)18-26-13-15-30-16-14-26/h4-5,9-10,19,22H,1-3,6-8,11-18H2,(H,25,28). The number of morpholine rings is 1. The lowest BCUT2D eigenvalue weighted by Gasteiger charge is -2.30. The number of nitrogens with one attached hydrogen (secondary N) is 1. The molecule has 3 fully saturated rings. The maximum atomic E-state index is 13.0. The van der Waals surface area contributed by atoms with Crippen LogP contribution in [0.4, 0.5) is 0 Å². The van der Waals surface area contributed by atoms with E-state index in [9.17, 15) is 9.59 Å². The van der Waals surface area contributed by atoms with Crippen molar-refractivity contribution < 1.29 is 14.3 Å². The van der Waals surface area contributed by atoms with Gasteiger partial charge in [-0.15, -0.1) is 0 Å². The van der Waals surface area contributed by atoms with E-state index in [-0.39, 0.29) is 23.8 Å². The van der Waals surface area contributed by atoms with E-state index in [4.69, 9.17) is 4.74 Å². The molecule has 30 heavy (non-hydrogen) atoms. The van der Waals surface area contributed by atoms with E-state index in [0.717, 1.165) is 83.5 Å². The van der Waals surface area contributed by atoms with E-state index in [1.54, 1.807) is 0 Å². The second-order valence-electron chi connectivity index (χ2n) is 8.90. The topological polar surface area (TPSA) is 61.9 Å². The summed E-state index contributed by atoms with van der Waals surface area (Å²) in [5.74, 6) is 0.333. The number of likely N-dealkylation sites (tertiary alicyclic amines) is 1. The van der Waals surface area contributed by atoms with Crippen molar-refractivity contribution in [2.24, 2.45) is 5.92 Å². The maximum absolute atomic E-state index is 13.0. The lowest BCUT2D eigenvalue weighted by Crippen LogP contribution is -2.48. The number of hydrogen-bond acceptors (Lipinski definition) is 4. The number of benzene rings is 1. The van der Waals surface area contributed by atoms with Crippen molar-refractivity contribution in [3.05, 3.63) is 35.4 Å². The van der Waals surface area contributed by atoms with E-state index < -0.39 is 0 Å². The van der Waals surface area contributed by atoms with Crippen LogP contribution in [0.25, 0.3) is 0 Å². The molecule has 2 heterocycles. The molecule has 0 radical (unpaired) electrons. The summed E-state index contributed by atoms with van der Waals surface area (Å²) in [5.41, 5.74) is 2.40. The lowest BCUT2D eigenvalue weighted by molar-refractivity contribution is -0.142. The average Bonchev–Trinajstić information content (AvgIpc) is 3.29. The third-order valence-corrected chi connectivity index (χ3v) is 6.86. The normalized spacial score (nSPS) is 23.5. The summed E-state index contributed by atoms with van der Waals surface area (Å²) in [5, 5.41) is 3.13. The monoisotopic (exact) mass is 413 g/mol. The smallest absolute Gasteiger partial charge is 0.243 e. The quantitative estimate of drug-likeness (QED) is 0.779.